The molecule has 6 nitrogen and oxygen atoms in total. The monoisotopic (exact) mass is 260 g/mol. The number of nitrogens with zero attached hydrogens (tertiary/aromatic N) is 2. The zero-order valence-electron chi connectivity index (χ0n) is 10.7. The summed E-state index contributed by atoms with van der Waals surface area (Å²) in [7, 11) is 1.07. The van der Waals surface area contributed by atoms with E-state index in [9.17, 15) is 4.21 Å². The summed E-state index contributed by atoms with van der Waals surface area (Å²) >= 11 is 0. The first-order valence-corrected chi connectivity index (χ1v) is 7.33. The van der Waals surface area contributed by atoms with Crippen LogP contribution in [0.25, 0.3) is 0 Å². The van der Waals surface area contributed by atoms with Crippen molar-refractivity contribution in [3.8, 4) is 0 Å². The number of aromatic nitrogens is 2. The van der Waals surface area contributed by atoms with Gasteiger partial charge in [0.1, 0.15) is 0 Å². The number of nitrogens with one attached hydrogen (secondary N) is 2. The summed E-state index contributed by atoms with van der Waals surface area (Å²) < 4.78 is 16.4. The fourth-order valence-corrected chi connectivity index (χ4v) is 1.90. The fraction of sp³-hybridized carbons (Fsp3) is 0.800. The molecule has 17 heavy (non-hydrogen) atoms. The summed E-state index contributed by atoms with van der Waals surface area (Å²) in [6.07, 6.45) is 2.51. The SMILES string of the molecule is CNC(C)c1nnc(NC(C)CCS(C)=O)o1. The molecule has 0 aliphatic heterocycles. The molecule has 0 aliphatic carbocycles. The van der Waals surface area contributed by atoms with Gasteiger partial charge < -0.3 is 15.1 Å². The lowest BCUT2D eigenvalue weighted by atomic mass is 10.3. The summed E-state index contributed by atoms with van der Waals surface area (Å²) in [6, 6.07) is 0.616. The molecule has 3 atom stereocenters. The van der Waals surface area contributed by atoms with Crippen molar-refractivity contribution >= 4 is 16.8 Å². The smallest absolute Gasteiger partial charge is 0.315 e. The Balaban J connectivity index is 2.45. The Labute approximate surface area is 104 Å². The molecule has 98 valence electrons. The van der Waals surface area contributed by atoms with Crippen LogP contribution in [0.1, 0.15) is 32.2 Å². The molecule has 0 aliphatic rings. The quantitative estimate of drug-likeness (QED) is 0.759. The van der Waals surface area contributed by atoms with Crippen molar-refractivity contribution in [3.63, 3.8) is 0 Å². The minimum atomic E-state index is -0.764. The molecule has 0 aromatic carbocycles. The molecule has 1 aromatic heterocycles. The Morgan fingerprint density at radius 1 is 1.41 bits per heavy atom. The number of hydrogen-bond donors (Lipinski definition) is 2. The third-order valence-electron chi connectivity index (χ3n) is 2.45. The minimum Gasteiger partial charge on any atom is -0.406 e. The molecule has 0 saturated heterocycles. The van der Waals surface area contributed by atoms with Gasteiger partial charge in [-0.2, -0.15) is 0 Å². The molecular formula is C10H20N4O2S. The molecule has 0 bridgehead atoms. The van der Waals surface area contributed by atoms with Crippen molar-refractivity contribution in [2.45, 2.75) is 32.4 Å². The predicted molar refractivity (Wildman–Crippen MR) is 68.4 cm³/mol. The van der Waals surface area contributed by atoms with Crippen LogP contribution in [-0.4, -0.2) is 39.5 Å². The number of anilines is 1. The minimum absolute atomic E-state index is 0.0384. The summed E-state index contributed by atoms with van der Waals surface area (Å²) in [5.74, 6) is 1.23. The lowest BCUT2D eigenvalue weighted by Crippen LogP contribution is -2.18. The van der Waals surface area contributed by atoms with Crippen molar-refractivity contribution < 1.29 is 8.63 Å². The molecule has 0 spiro atoms. The van der Waals surface area contributed by atoms with Gasteiger partial charge in [-0.3, -0.25) is 4.21 Å². The molecule has 7 heteroatoms. The summed E-state index contributed by atoms with van der Waals surface area (Å²) in [4.78, 5) is 0. The molecule has 1 aromatic rings. The van der Waals surface area contributed by atoms with E-state index in [1.165, 1.54) is 0 Å². The molecule has 1 heterocycles. The van der Waals surface area contributed by atoms with Crippen LogP contribution >= 0.6 is 0 Å². The Kier molecular flexibility index (Phi) is 5.57. The predicted octanol–water partition coefficient (Wildman–Crippen LogP) is 0.919. The van der Waals surface area contributed by atoms with Crippen LogP contribution in [0.15, 0.2) is 4.42 Å². The number of hydrogen-bond acceptors (Lipinski definition) is 6. The van der Waals surface area contributed by atoms with Gasteiger partial charge in [0, 0.05) is 28.9 Å². The van der Waals surface area contributed by atoms with E-state index >= 15 is 0 Å². The van der Waals surface area contributed by atoms with Crippen LogP contribution in [0.4, 0.5) is 6.01 Å². The van der Waals surface area contributed by atoms with Gasteiger partial charge in [0.25, 0.3) is 0 Å². The molecular weight excluding hydrogens is 240 g/mol. The van der Waals surface area contributed by atoms with Gasteiger partial charge in [-0.25, -0.2) is 0 Å². The Bertz CT molecular complexity index is 369. The Morgan fingerprint density at radius 3 is 2.71 bits per heavy atom. The van der Waals surface area contributed by atoms with Crippen LogP contribution in [0, 0.1) is 0 Å². The molecule has 0 amide bonds. The lowest BCUT2D eigenvalue weighted by molar-refractivity contribution is 0.438. The van der Waals surface area contributed by atoms with Gasteiger partial charge >= 0.3 is 6.01 Å². The molecule has 3 unspecified atom stereocenters. The average molecular weight is 260 g/mol. The lowest BCUT2D eigenvalue weighted by Gasteiger charge is -2.10. The van der Waals surface area contributed by atoms with Crippen molar-refractivity contribution in [2.24, 2.45) is 0 Å². The van der Waals surface area contributed by atoms with Crippen LogP contribution in [-0.2, 0) is 10.8 Å². The maximum Gasteiger partial charge on any atom is 0.315 e. The highest BCUT2D eigenvalue weighted by atomic mass is 32.2. The first-order chi connectivity index (χ1) is 8.02. The van der Waals surface area contributed by atoms with Gasteiger partial charge in [0.05, 0.1) is 6.04 Å². The van der Waals surface area contributed by atoms with E-state index in [0.717, 1.165) is 6.42 Å². The van der Waals surface area contributed by atoms with E-state index in [0.29, 0.717) is 17.7 Å². The van der Waals surface area contributed by atoms with E-state index in [2.05, 4.69) is 20.8 Å². The van der Waals surface area contributed by atoms with Crippen molar-refractivity contribution in [1.29, 1.82) is 0 Å². The van der Waals surface area contributed by atoms with Gasteiger partial charge in [0.15, 0.2) is 0 Å². The molecule has 0 saturated carbocycles. The average Bonchev–Trinajstić information content (AvgIpc) is 2.73. The number of rotatable bonds is 7. The fourth-order valence-electron chi connectivity index (χ4n) is 1.22. The largest absolute Gasteiger partial charge is 0.406 e. The van der Waals surface area contributed by atoms with E-state index in [-0.39, 0.29) is 12.1 Å². The van der Waals surface area contributed by atoms with Gasteiger partial charge in [0.2, 0.25) is 5.89 Å². The van der Waals surface area contributed by atoms with E-state index in [1.54, 1.807) is 6.26 Å². The van der Waals surface area contributed by atoms with Crippen molar-refractivity contribution in [1.82, 2.24) is 15.5 Å². The summed E-state index contributed by atoms with van der Waals surface area (Å²) in [5, 5.41) is 14.0. The van der Waals surface area contributed by atoms with Crippen LogP contribution < -0.4 is 10.6 Å². The first-order valence-electron chi connectivity index (χ1n) is 5.60. The second-order valence-electron chi connectivity index (χ2n) is 4.07. The standard InChI is InChI=1S/C10H20N4O2S/c1-7(5-6-17(4)15)12-10-14-13-9(16-10)8(2)11-3/h7-8,11H,5-6H2,1-4H3,(H,12,14). The van der Waals surface area contributed by atoms with Crippen molar-refractivity contribution in [2.75, 3.05) is 24.4 Å². The van der Waals surface area contributed by atoms with Gasteiger partial charge in [-0.1, -0.05) is 5.10 Å². The zero-order valence-corrected chi connectivity index (χ0v) is 11.5. The van der Waals surface area contributed by atoms with E-state index in [4.69, 9.17) is 4.42 Å². The van der Waals surface area contributed by atoms with E-state index in [1.807, 2.05) is 20.9 Å². The Morgan fingerprint density at radius 2 is 2.12 bits per heavy atom. The van der Waals surface area contributed by atoms with E-state index < -0.39 is 10.8 Å². The topological polar surface area (TPSA) is 80.0 Å². The summed E-state index contributed by atoms with van der Waals surface area (Å²) in [6.45, 7) is 3.94. The molecule has 2 N–H and O–H groups in total. The normalized spacial score (nSPS) is 16.5. The molecule has 0 radical (unpaired) electrons. The third kappa shape index (κ3) is 4.82. The van der Waals surface area contributed by atoms with Gasteiger partial charge in [-0.15, -0.1) is 5.10 Å². The van der Waals surface area contributed by atoms with Crippen LogP contribution in [0.2, 0.25) is 0 Å². The highest BCUT2D eigenvalue weighted by Crippen LogP contribution is 2.14. The highest BCUT2D eigenvalue weighted by molar-refractivity contribution is 7.84. The third-order valence-corrected chi connectivity index (χ3v) is 3.26. The summed E-state index contributed by atoms with van der Waals surface area (Å²) in [5.41, 5.74) is 0. The maximum atomic E-state index is 11.0. The molecule has 0 fully saturated rings. The molecule has 1 rings (SSSR count). The van der Waals surface area contributed by atoms with Gasteiger partial charge in [-0.05, 0) is 27.3 Å². The highest BCUT2D eigenvalue weighted by Gasteiger charge is 2.13. The maximum absolute atomic E-state index is 11.0. The van der Waals surface area contributed by atoms with Crippen LogP contribution in [0.3, 0.4) is 0 Å². The zero-order chi connectivity index (χ0) is 12.8. The van der Waals surface area contributed by atoms with Crippen LogP contribution in [0.5, 0.6) is 0 Å². The second-order valence-corrected chi connectivity index (χ2v) is 5.62. The second kappa shape index (κ2) is 6.70. The Hall–Kier alpha value is -0.950. The first kappa shape index (κ1) is 14.1. The van der Waals surface area contributed by atoms with Crippen molar-refractivity contribution in [3.05, 3.63) is 5.89 Å².